The van der Waals surface area contributed by atoms with Gasteiger partial charge in [0.05, 0.1) is 6.10 Å². The van der Waals surface area contributed by atoms with Crippen LogP contribution in [0.1, 0.15) is 37.8 Å². The predicted molar refractivity (Wildman–Crippen MR) is 85.2 cm³/mol. The smallest absolute Gasteiger partial charge is 0.0698 e. The minimum Gasteiger partial charge on any atom is -0.392 e. The van der Waals surface area contributed by atoms with E-state index >= 15 is 0 Å². The lowest BCUT2D eigenvalue weighted by atomic mass is 9.75. The van der Waals surface area contributed by atoms with E-state index in [0.29, 0.717) is 5.02 Å². The molecule has 1 nitrogen and oxygen atoms in total. The van der Waals surface area contributed by atoms with E-state index in [9.17, 15) is 5.11 Å². The van der Waals surface area contributed by atoms with Gasteiger partial charge >= 0.3 is 0 Å². The fourth-order valence-corrected chi connectivity index (χ4v) is 2.67. The average molecular weight is 289 g/mol. The predicted octanol–water partition coefficient (Wildman–Crippen LogP) is 4.88. The maximum absolute atomic E-state index is 10.8. The Balaban J connectivity index is 2.54. The van der Waals surface area contributed by atoms with Gasteiger partial charge in [0.1, 0.15) is 0 Å². The van der Waals surface area contributed by atoms with Gasteiger partial charge in [0, 0.05) is 10.9 Å². The molecule has 2 rings (SSSR count). The van der Waals surface area contributed by atoms with E-state index in [4.69, 9.17) is 11.6 Å². The number of hydrogen-bond donors (Lipinski definition) is 1. The second-order valence-corrected chi connectivity index (χ2v) is 6.63. The molecule has 0 amide bonds. The summed E-state index contributed by atoms with van der Waals surface area (Å²) in [5.74, 6) is -0.120. The first-order valence-electron chi connectivity index (χ1n) is 6.88. The molecule has 1 N–H and O–H groups in total. The minimum absolute atomic E-state index is 0.120. The number of hydrogen-bond acceptors (Lipinski definition) is 1. The molecule has 0 fully saturated rings. The van der Waals surface area contributed by atoms with Crippen molar-refractivity contribution in [2.24, 2.45) is 5.41 Å². The zero-order valence-corrected chi connectivity index (χ0v) is 12.9. The highest BCUT2D eigenvalue weighted by molar-refractivity contribution is 6.31. The zero-order chi connectivity index (χ0) is 14.8. The minimum atomic E-state index is -0.509. The first-order valence-corrected chi connectivity index (χ1v) is 7.26. The van der Waals surface area contributed by atoms with Crippen molar-refractivity contribution in [3.63, 3.8) is 0 Å². The van der Waals surface area contributed by atoms with E-state index in [1.54, 1.807) is 0 Å². The third-order valence-corrected chi connectivity index (χ3v) is 3.95. The largest absolute Gasteiger partial charge is 0.392 e. The highest BCUT2D eigenvalue weighted by atomic mass is 35.5. The Morgan fingerprint density at radius 3 is 2.00 bits per heavy atom. The molecule has 0 heterocycles. The van der Waals surface area contributed by atoms with Crippen LogP contribution in [0.4, 0.5) is 0 Å². The number of aliphatic hydroxyl groups excluding tert-OH is 1. The van der Waals surface area contributed by atoms with Crippen molar-refractivity contribution in [1.82, 2.24) is 0 Å². The molecule has 0 spiro atoms. The molecule has 2 aromatic rings. The fourth-order valence-electron chi connectivity index (χ4n) is 2.42. The SMILES string of the molecule is CC(C)(C)C(O)C(c1ccccc1)c1ccccc1Cl. The van der Waals surface area contributed by atoms with Crippen LogP contribution in [0.25, 0.3) is 0 Å². The van der Waals surface area contributed by atoms with Crippen molar-refractivity contribution < 1.29 is 5.11 Å². The molecule has 0 radical (unpaired) electrons. The van der Waals surface area contributed by atoms with Gasteiger partial charge in [0.15, 0.2) is 0 Å². The van der Waals surface area contributed by atoms with Crippen LogP contribution in [0.5, 0.6) is 0 Å². The Kier molecular flexibility index (Phi) is 4.52. The molecular weight excluding hydrogens is 268 g/mol. The third-order valence-electron chi connectivity index (χ3n) is 3.60. The molecule has 20 heavy (non-hydrogen) atoms. The summed E-state index contributed by atoms with van der Waals surface area (Å²) in [5, 5.41) is 11.5. The molecule has 0 aromatic heterocycles. The van der Waals surface area contributed by atoms with E-state index in [2.05, 4.69) is 0 Å². The van der Waals surface area contributed by atoms with Crippen LogP contribution in [0.15, 0.2) is 54.6 Å². The van der Waals surface area contributed by atoms with Crippen LogP contribution in [-0.4, -0.2) is 11.2 Å². The van der Waals surface area contributed by atoms with Crippen LogP contribution in [-0.2, 0) is 0 Å². The maximum atomic E-state index is 10.8. The summed E-state index contributed by atoms with van der Waals surface area (Å²) in [6.07, 6.45) is -0.509. The Hall–Kier alpha value is -1.31. The average Bonchev–Trinajstić information content (AvgIpc) is 2.41. The van der Waals surface area contributed by atoms with Crippen molar-refractivity contribution in [3.8, 4) is 0 Å². The van der Waals surface area contributed by atoms with Crippen LogP contribution in [0.3, 0.4) is 0 Å². The molecule has 0 aliphatic carbocycles. The van der Waals surface area contributed by atoms with Gasteiger partial charge in [0.2, 0.25) is 0 Å². The van der Waals surface area contributed by atoms with Gasteiger partial charge in [-0.05, 0) is 22.6 Å². The monoisotopic (exact) mass is 288 g/mol. The molecule has 0 saturated carbocycles. The van der Waals surface area contributed by atoms with E-state index in [-0.39, 0.29) is 11.3 Å². The molecule has 106 valence electrons. The topological polar surface area (TPSA) is 20.2 Å². The standard InChI is InChI=1S/C18H21ClO/c1-18(2,3)17(20)16(13-9-5-4-6-10-13)14-11-7-8-12-15(14)19/h4-12,16-17,20H,1-3H3. The summed E-state index contributed by atoms with van der Waals surface area (Å²) >= 11 is 6.35. The van der Waals surface area contributed by atoms with Crippen LogP contribution in [0.2, 0.25) is 5.02 Å². The van der Waals surface area contributed by atoms with E-state index in [0.717, 1.165) is 11.1 Å². The summed E-state index contributed by atoms with van der Waals surface area (Å²) in [6, 6.07) is 17.8. The molecule has 2 heteroatoms. The first kappa shape index (κ1) is 15.1. The van der Waals surface area contributed by atoms with Gasteiger partial charge in [-0.3, -0.25) is 0 Å². The Bertz CT molecular complexity index is 557. The molecule has 2 unspecified atom stereocenters. The van der Waals surface area contributed by atoms with E-state index in [1.165, 1.54) is 0 Å². The highest BCUT2D eigenvalue weighted by Crippen LogP contribution is 2.39. The quantitative estimate of drug-likeness (QED) is 0.853. The van der Waals surface area contributed by atoms with Gasteiger partial charge < -0.3 is 5.11 Å². The normalized spacial score (nSPS) is 14.8. The lowest BCUT2D eigenvalue weighted by Crippen LogP contribution is -2.33. The number of benzene rings is 2. The lowest BCUT2D eigenvalue weighted by molar-refractivity contribution is 0.0490. The lowest BCUT2D eigenvalue weighted by Gasteiger charge is -2.34. The van der Waals surface area contributed by atoms with Gasteiger partial charge in [-0.25, -0.2) is 0 Å². The number of halogens is 1. The molecule has 0 aliphatic rings. The third kappa shape index (κ3) is 3.23. The summed E-state index contributed by atoms with van der Waals surface area (Å²) in [6.45, 7) is 6.14. The molecule has 0 aliphatic heterocycles. The van der Waals surface area contributed by atoms with E-state index in [1.807, 2.05) is 75.4 Å². The van der Waals surface area contributed by atoms with Crippen molar-refractivity contribution in [2.75, 3.05) is 0 Å². The first-order chi connectivity index (χ1) is 9.41. The molecule has 2 atom stereocenters. The van der Waals surface area contributed by atoms with Crippen LogP contribution < -0.4 is 0 Å². The van der Waals surface area contributed by atoms with Crippen molar-refractivity contribution >= 4 is 11.6 Å². The summed E-state index contributed by atoms with van der Waals surface area (Å²) in [5.41, 5.74) is 1.84. The number of rotatable bonds is 3. The molecule has 0 saturated heterocycles. The zero-order valence-electron chi connectivity index (χ0n) is 12.2. The van der Waals surface area contributed by atoms with Crippen molar-refractivity contribution in [2.45, 2.75) is 32.8 Å². The summed E-state index contributed by atoms with van der Waals surface area (Å²) in [7, 11) is 0. The number of aliphatic hydroxyl groups is 1. The summed E-state index contributed by atoms with van der Waals surface area (Å²) in [4.78, 5) is 0. The fraction of sp³-hybridized carbons (Fsp3) is 0.333. The van der Waals surface area contributed by atoms with Gasteiger partial charge in [0.25, 0.3) is 0 Å². The second-order valence-electron chi connectivity index (χ2n) is 6.22. The van der Waals surface area contributed by atoms with Crippen molar-refractivity contribution in [3.05, 3.63) is 70.7 Å². The highest BCUT2D eigenvalue weighted by Gasteiger charge is 2.33. The Morgan fingerprint density at radius 2 is 1.45 bits per heavy atom. The maximum Gasteiger partial charge on any atom is 0.0698 e. The Morgan fingerprint density at radius 1 is 0.900 bits per heavy atom. The van der Waals surface area contributed by atoms with Gasteiger partial charge in [-0.2, -0.15) is 0 Å². The molecular formula is C18H21ClO. The summed E-state index contributed by atoms with van der Waals surface area (Å²) < 4.78 is 0. The van der Waals surface area contributed by atoms with Crippen molar-refractivity contribution in [1.29, 1.82) is 0 Å². The van der Waals surface area contributed by atoms with Crippen LogP contribution >= 0.6 is 11.6 Å². The van der Waals surface area contributed by atoms with Gasteiger partial charge in [-0.1, -0.05) is 80.9 Å². The Labute approximate surface area is 126 Å². The van der Waals surface area contributed by atoms with Gasteiger partial charge in [-0.15, -0.1) is 0 Å². The van der Waals surface area contributed by atoms with E-state index < -0.39 is 6.10 Å². The van der Waals surface area contributed by atoms with Crippen LogP contribution in [0, 0.1) is 5.41 Å². The molecule has 0 bridgehead atoms. The second kappa shape index (κ2) is 5.99. The molecule has 2 aromatic carbocycles.